The van der Waals surface area contributed by atoms with Crippen LogP contribution in [0.3, 0.4) is 0 Å². The van der Waals surface area contributed by atoms with Crippen molar-refractivity contribution >= 4 is 51.6 Å². The number of rotatable bonds is 8. The zero-order chi connectivity index (χ0) is 25.8. The Morgan fingerprint density at radius 1 is 1.03 bits per heavy atom. The number of anilines is 4. The van der Waals surface area contributed by atoms with Crippen LogP contribution in [-0.2, 0) is 0 Å². The number of H-pyrrole nitrogens is 1. The third kappa shape index (κ3) is 5.58. The maximum Gasteiger partial charge on any atom is 0.255 e. The summed E-state index contributed by atoms with van der Waals surface area (Å²) < 4.78 is 0. The third-order valence-electron chi connectivity index (χ3n) is 5.48. The Bertz CT molecular complexity index is 1580. The zero-order valence-corrected chi connectivity index (χ0v) is 20.2. The van der Waals surface area contributed by atoms with Gasteiger partial charge in [0.2, 0.25) is 5.95 Å². The molecule has 3 heterocycles. The summed E-state index contributed by atoms with van der Waals surface area (Å²) in [7, 11) is 0. The highest BCUT2D eigenvalue weighted by Crippen LogP contribution is 2.29. The first kappa shape index (κ1) is 24.0. The SMILES string of the molecule is C=CC(O)Nc1ccc(C(=O)Nc2cccc(Nc3ncc(Cl)c(-c4cnc5[nH]ccc5c4)n3)c2)cc1. The van der Waals surface area contributed by atoms with Gasteiger partial charge in [-0.3, -0.25) is 4.79 Å². The number of aromatic amines is 1. The fourth-order valence-electron chi connectivity index (χ4n) is 3.65. The molecule has 5 aromatic rings. The minimum atomic E-state index is -0.866. The van der Waals surface area contributed by atoms with Gasteiger partial charge in [0, 0.05) is 46.0 Å². The average Bonchev–Trinajstić information content (AvgIpc) is 3.38. The van der Waals surface area contributed by atoms with Gasteiger partial charge in [0.15, 0.2) is 0 Å². The number of pyridine rings is 1. The van der Waals surface area contributed by atoms with E-state index in [9.17, 15) is 9.90 Å². The van der Waals surface area contributed by atoms with E-state index in [1.807, 2.05) is 30.5 Å². The van der Waals surface area contributed by atoms with Gasteiger partial charge in [0.25, 0.3) is 5.91 Å². The van der Waals surface area contributed by atoms with E-state index in [4.69, 9.17) is 11.6 Å². The van der Waals surface area contributed by atoms with E-state index < -0.39 is 6.23 Å². The Kier molecular flexibility index (Phi) is 6.80. The molecule has 0 spiro atoms. The number of nitrogens with zero attached hydrogens (tertiary/aromatic N) is 3. The fourth-order valence-corrected chi connectivity index (χ4v) is 3.85. The zero-order valence-electron chi connectivity index (χ0n) is 19.4. The standard InChI is InChI=1S/C27H22ClN7O2/c1-2-23(36)32-19-8-6-16(7-9-19)26(37)33-20-4-3-5-21(13-20)34-27-31-15-22(28)24(35-27)18-12-17-10-11-29-25(17)30-14-18/h2-15,23,32,36H,1H2,(H,29,30)(H,33,37)(H,31,34,35). The molecule has 1 unspecified atom stereocenters. The number of halogens is 1. The van der Waals surface area contributed by atoms with Crippen molar-refractivity contribution in [2.45, 2.75) is 6.23 Å². The number of aliphatic hydroxyl groups is 1. The van der Waals surface area contributed by atoms with Crippen molar-refractivity contribution in [3.63, 3.8) is 0 Å². The van der Waals surface area contributed by atoms with Crippen LogP contribution in [0.15, 0.2) is 91.9 Å². The number of fused-ring (bicyclic) bond motifs is 1. The smallest absolute Gasteiger partial charge is 0.255 e. The lowest BCUT2D eigenvalue weighted by atomic mass is 10.1. The molecule has 0 aliphatic rings. The van der Waals surface area contributed by atoms with Crippen LogP contribution in [-0.4, -0.2) is 37.2 Å². The second kappa shape index (κ2) is 10.5. The molecule has 1 atom stereocenters. The molecular formula is C27H22ClN7O2. The number of benzene rings is 2. The molecule has 37 heavy (non-hydrogen) atoms. The average molecular weight is 512 g/mol. The second-order valence-electron chi connectivity index (χ2n) is 8.09. The van der Waals surface area contributed by atoms with Crippen LogP contribution >= 0.6 is 11.6 Å². The van der Waals surface area contributed by atoms with E-state index in [1.54, 1.807) is 42.6 Å². The number of amides is 1. The molecule has 184 valence electrons. The lowest BCUT2D eigenvalue weighted by Gasteiger charge is -2.12. The topological polar surface area (TPSA) is 128 Å². The Hall–Kier alpha value is -4.73. The summed E-state index contributed by atoms with van der Waals surface area (Å²) in [6, 6.07) is 17.8. The Labute approximate surface area is 217 Å². The summed E-state index contributed by atoms with van der Waals surface area (Å²) in [6.45, 7) is 3.51. The molecule has 5 rings (SSSR count). The number of carbonyl (C=O) groups excluding carboxylic acids is 1. The van der Waals surface area contributed by atoms with Gasteiger partial charge in [-0.25, -0.2) is 15.0 Å². The van der Waals surface area contributed by atoms with Crippen molar-refractivity contribution < 1.29 is 9.90 Å². The number of nitrogens with one attached hydrogen (secondary N) is 4. The molecular weight excluding hydrogens is 490 g/mol. The molecule has 0 radical (unpaired) electrons. The van der Waals surface area contributed by atoms with E-state index in [0.717, 1.165) is 16.6 Å². The van der Waals surface area contributed by atoms with E-state index in [2.05, 4.69) is 42.5 Å². The van der Waals surface area contributed by atoms with Crippen molar-refractivity contribution in [1.29, 1.82) is 0 Å². The molecule has 2 aromatic carbocycles. The molecule has 3 aromatic heterocycles. The molecule has 0 saturated carbocycles. The summed E-state index contributed by atoms with van der Waals surface area (Å²) in [6.07, 6.45) is 5.57. The molecule has 10 heteroatoms. The van der Waals surface area contributed by atoms with Gasteiger partial charge in [0.05, 0.1) is 16.9 Å². The highest BCUT2D eigenvalue weighted by molar-refractivity contribution is 6.33. The van der Waals surface area contributed by atoms with Gasteiger partial charge in [-0.2, -0.15) is 0 Å². The number of aliphatic hydroxyl groups excluding tert-OH is 1. The van der Waals surface area contributed by atoms with Gasteiger partial charge in [-0.05, 0) is 60.7 Å². The number of aromatic nitrogens is 4. The van der Waals surface area contributed by atoms with Crippen LogP contribution in [0.1, 0.15) is 10.4 Å². The highest BCUT2D eigenvalue weighted by atomic mass is 35.5. The van der Waals surface area contributed by atoms with Gasteiger partial charge in [-0.1, -0.05) is 24.2 Å². The van der Waals surface area contributed by atoms with Crippen LogP contribution < -0.4 is 16.0 Å². The van der Waals surface area contributed by atoms with Crippen LogP contribution in [0, 0.1) is 0 Å². The summed E-state index contributed by atoms with van der Waals surface area (Å²) in [5.74, 6) is 0.0764. The van der Waals surface area contributed by atoms with E-state index in [1.165, 1.54) is 12.3 Å². The quantitative estimate of drug-likeness (QED) is 0.136. The molecule has 5 N–H and O–H groups in total. The predicted molar refractivity (Wildman–Crippen MR) is 146 cm³/mol. The largest absolute Gasteiger partial charge is 0.370 e. The normalized spacial score (nSPS) is 11.6. The molecule has 9 nitrogen and oxygen atoms in total. The van der Waals surface area contributed by atoms with Crippen molar-refractivity contribution in [3.8, 4) is 11.3 Å². The second-order valence-corrected chi connectivity index (χ2v) is 8.50. The summed E-state index contributed by atoms with van der Waals surface area (Å²) in [4.78, 5) is 29.1. The van der Waals surface area contributed by atoms with Crippen molar-refractivity contribution in [3.05, 3.63) is 102 Å². The summed E-state index contributed by atoms with van der Waals surface area (Å²) in [5, 5.41) is 19.8. The lowest BCUT2D eigenvalue weighted by molar-refractivity contribution is 0.102. The van der Waals surface area contributed by atoms with Gasteiger partial charge in [0.1, 0.15) is 11.9 Å². The first-order valence-electron chi connectivity index (χ1n) is 11.3. The third-order valence-corrected chi connectivity index (χ3v) is 5.76. The maximum absolute atomic E-state index is 12.7. The number of carbonyl (C=O) groups is 1. The summed E-state index contributed by atoms with van der Waals surface area (Å²) >= 11 is 6.38. The van der Waals surface area contributed by atoms with Gasteiger partial charge < -0.3 is 26.0 Å². The molecule has 0 saturated heterocycles. The number of hydrogen-bond acceptors (Lipinski definition) is 7. The molecule has 0 aliphatic carbocycles. The minimum Gasteiger partial charge on any atom is -0.370 e. The Morgan fingerprint density at radius 3 is 2.65 bits per heavy atom. The summed E-state index contributed by atoms with van der Waals surface area (Å²) in [5.41, 5.74) is 4.52. The van der Waals surface area contributed by atoms with Gasteiger partial charge in [-0.15, -0.1) is 0 Å². The Balaban J connectivity index is 1.30. The van der Waals surface area contributed by atoms with Crippen LogP contribution in [0.25, 0.3) is 22.3 Å². The maximum atomic E-state index is 12.7. The predicted octanol–water partition coefficient (Wildman–Crippen LogP) is 5.59. The highest BCUT2D eigenvalue weighted by Gasteiger charge is 2.11. The first-order valence-corrected chi connectivity index (χ1v) is 11.7. The van der Waals surface area contributed by atoms with Crippen LogP contribution in [0.2, 0.25) is 5.02 Å². The fraction of sp³-hybridized carbons (Fsp3) is 0.0370. The molecule has 0 fully saturated rings. The van der Waals surface area contributed by atoms with Crippen LogP contribution in [0.5, 0.6) is 0 Å². The molecule has 0 aliphatic heterocycles. The van der Waals surface area contributed by atoms with E-state index in [0.29, 0.717) is 39.3 Å². The lowest BCUT2D eigenvalue weighted by Crippen LogP contribution is -2.15. The monoisotopic (exact) mass is 511 g/mol. The van der Waals surface area contributed by atoms with Crippen LogP contribution in [0.4, 0.5) is 23.0 Å². The first-order chi connectivity index (χ1) is 18.0. The number of hydrogen-bond donors (Lipinski definition) is 5. The van der Waals surface area contributed by atoms with E-state index in [-0.39, 0.29) is 5.91 Å². The molecule has 0 bridgehead atoms. The Morgan fingerprint density at radius 2 is 1.84 bits per heavy atom. The molecule has 1 amide bonds. The van der Waals surface area contributed by atoms with Crippen molar-refractivity contribution in [1.82, 2.24) is 19.9 Å². The van der Waals surface area contributed by atoms with Crippen molar-refractivity contribution in [2.75, 3.05) is 16.0 Å². The minimum absolute atomic E-state index is 0.273. The van der Waals surface area contributed by atoms with Gasteiger partial charge >= 0.3 is 0 Å². The van der Waals surface area contributed by atoms with E-state index >= 15 is 0 Å². The van der Waals surface area contributed by atoms with Crippen molar-refractivity contribution in [2.24, 2.45) is 0 Å².